The summed E-state index contributed by atoms with van der Waals surface area (Å²) < 4.78 is 5.43. The van der Waals surface area contributed by atoms with Crippen LogP contribution in [0.1, 0.15) is 52.8 Å². The standard InChI is InChI=1S/C20H22N2O3/c1-11(2)19-15(9-13-6-5-7-16(21-13)20(23)24)14-8-12(3)18(25-4)10-17(14)22-19/h5-8,10-11,22H,9H2,1-4H3,(H,23,24). The van der Waals surface area contributed by atoms with E-state index >= 15 is 0 Å². The number of aromatic nitrogens is 2. The van der Waals surface area contributed by atoms with Crippen molar-refractivity contribution in [2.45, 2.75) is 33.1 Å². The maximum atomic E-state index is 11.2. The van der Waals surface area contributed by atoms with E-state index in [0.29, 0.717) is 12.3 Å². The number of methoxy groups -OCH3 is 1. The molecule has 0 unspecified atom stereocenters. The summed E-state index contributed by atoms with van der Waals surface area (Å²) >= 11 is 0. The van der Waals surface area contributed by atoms with E-state index in [2.05, 4.69) is 29.9 Å². The van der Waals surface area contributed by atoms with Crippen LogP contribution in [0, 0.1) is 6.92 Å². The van der Waals surface area contributed by atoms with E-state index in [1.165, 1.54) is 6.07 Å². The highest BCUT2D eigenvalue weighted by molar-refractivity contribution is 5.88. The predicted molar refractivity (Wildman–Crippen MR) is 97.7 cm³/mol. The van der Waals surface area contributed by atoms with E-state index in [-0.39, 0.29) is 5.69 Å². The molecular formula is C20H22N2O3. The summed E-state index contributed by atoms with van der Waals surface area (Å²) in [7, 11) is 1.67. The second-order valence-electron chi connectivity index (χ2n) is 6.54. The smallest absolute Gasteiger partial charge is 0.354 e. The molecule has 2 heterocycles. The van der Waals surface area contributed by atoms with Crippen LogP contribution in [0.25, 0.3) is 10.9 Å². The molecule has 5 heteroatoms. The molecule has 3 rings (SSSR count). The van der Waals surface area contributed by atoms with E-state index in [1.807, 2.05) is 19.1 Å². The Hall–Kier alpha value is -2.82. The van der Waals surface area contributed by atoms with Gasteiger partial charge in [0.25, 0.3) is 0 Å². The molecule has 0 fully saturated rings. The number of ether oxygens (including phenoxy) is 1. The van der Waals surface area contributed by atoms with Gasteiger partial charge in [0.05, 0.1) is 7.11 Å². The quantitative estimate of drug-likeness (QED) is 0.727. The van der Waals surface area contributed by atoms with E-state index in [1.54, 1.807) is 13.2 Å². The lowest BCUT2D eigenvalue weighted by Gasteiger charge is -2.09. The summed E-state index contributed by atoms with van der Waals surface area (Å²) in [5.74, 6) is 0.156. The van der Waals surface area contributed by atoms with Gasteiger partial charge in [-0.2, -0.15) is 0 Å². The van der Waals surface area contributed by atoms with Gasteiger partial charge in [-0.15, -0.1) is 0 Å². The van der Waals surface area contributed by atoms with Crippen LogP contribution in [0.4, 0.5) is 0 Å². The minimum atomic E-state index is -1.01. The van der Waals surface area contributed by atoms with Crippen LogP contribution in [0.2, 0.25) is 0 Å². The Morgan fingerprint density at radius 1 is 1.32 bits per heavy atom. The van der Waals surface area contributed by atoms with E-state index in [9.17, 15) is 4.79 Å². The van der Waals surface area contributed by atoms with Gasteiger partial charge in [0.1, 0.15) is 11.4 Å². The molecule has 0 aliphatic carbocycles. The van der Waals surface area contributed by atoms with Gasteiger partial charge in [-0.25, -0.2) is 9.78 Å². The fourth-order valence-electron chi connectivity index (χ4n) is 3.19. The zero-order chi connectivity index (χ0) is 18.1. The molecule has 3 aromatic rings. The number of hydrogen-bond donors (Lipinski definition) is 2. The first-order valence-corrected chi connectivity index (χ1v) is 8.29. The number of aromatic amines is 1. The summed E-state index contributed by atoms with van der Waals surface area (Å²) in [6.45, 7) is 6.30. The minimum absolute atomic E-state index is 0.0706. The van der Waals surface area contributed by atoms with Crippen molar-refractivity contribution in [2.24, 2.45) is 0 Å². The number of H-pyrrole nitrogens is 1. The van der Waals surface area contributed by atoms with Gasteiger partial charge in [-0.05, 0) is 42.2 Å². The Morgan fingerprint density at radius 2 is 2.08 bits per heavy atom. The number of nitrogens with one attached hydrogen (secondary N) is 1. The fourth-order valence-corrected chi connectivity index (χ4v) is 3.19. The summed E-state index contributed by atoms with van der Waals surface area (Å²) in [4.78, 5) is 18.9. The van der Waals surface area contributed by atoms with Gasteiger partial charge in [0.2, 0.25) is 0 Å². The van der Waals surface area contributed by atoms with E-state index < -0.39 is 5.97 Å². The molecule has 0 radical (unpaired) electrons. The highest BCUT2D eigenvalue weighted by atomic mass is 16.5. The molecule has 25 heavy (non-hydrogen) atoms. The molecule has 5 nitrogen and oxygen atoms in total. The van der Waals surface area contributed by atoms with Gasteiger partial charge in [-0.3, -0.25) is 0 Å². The largest absolute Gasteiger partial charge is 0.496 e. The van der Waals surface area contributed by atoms with Crippen LogP contribution >= 0.6 is 0 Å². The number of hydrogen-bond acceptors (Lipinski definition) is 3. The number of aryl methyl sites for hydroxylation is 1. The molecule has 0 atom stereocenters. The summed E-state index contributed by atoms with van der Waals surface area (Å²) in [6.07, 6.45) is 0.584. The number of pyridine rings is 1. The number of carbonyl (C=O) groups is 1. The number of carboxylic acids is 1. The molecule has 2 aromatic heterocycles. The Morgan fingerprint density at radius 3 is 2.72 bits per heavy atom. The monoisotopic (exact) mass is 338 g/mol. The third-order valence-electron chi connectivity index (χ3n) is 4.42. The molecule has 0 spiro atoms. The lowest BCUT2D eigenvalue weighted by Crippen LogP contribution is -2.04. The summed E-state index contributed by atoms with van der Waals surface area (Å²) in [5.41, 5.74) is 5.21. The lowest BCUT2D eigenvalue weighted by molar-refractivity contribution is 0.0690. The zero-order valence-corrected chi connectivity index (χ0v) is 14.9. The van der Waals surface area contributed by atoms with Gasteiger partial charge in [-0.1, -0.05) is 19.9 Å². The van der Waals surface area contributed by atoms with Gasteiger partial charge in [0, 0.05) is 34.8 Å². The maximum absolute atomic E-state index is 11.2. The second kappa shape index (κ2) is 6.59. The Bertz CT molecular complexity index is 942. The predicted octanol–water partition coefficient (Wildman–Crippen LogP) is 4.29. The van der Waals surface area contributed by atoms with Gasteiger partial charge in [0.15, 0.2) is 0 Å². The molecule has 0 saturated heterocycles. The van der Waals surface area contributed by atoms with Crippen molar-refractivity contribution in [3.63, 3.8) is 0 Å². The molecule has 2 N–H and O–H groups in total. The highest BCUT2D eigenvalue weighted by Crippen LogP contribution is 2.33. The Kier molecular flexibility index (Phi) is 4.49. The van der Waals surface area contributed by atoms with Gasteiger partial charge >= 0.3 is 5.97 Å². The van der Waals surface area contributed by atoms with Crippen LogP contribution in [-0.2, 0) is 6.42 Å². The van der Waals surface area contributed by atoms with Crippen LogP contribution < -0.4 is 4.74 Å². The van der Waals surface area contributed by atoms with Crippen molar-refractivity contribution >= 4 is 16.9 Å². The summed E-state index contributed by atoms with van der Waals surface area (Å²) in [6, 6.07) is 9.25. The van der Waals surface area contributed by atoms with Crippen LogP contribution in [0.3, 0.4) is 0 Å². The lowest BCUT2D eigenvalue weighted by atomic mass is 9.98. The molecule has 0 amide bonds. The van der Waals surface area contributed by atoms with Crippen molar-refractivity contribution < 1.29 is 14.6 Å². The average molecular weight is 338 g/mol. The number of rotatable bonds is 5. The molecule has 0 aliphatic heterocycles. The number of fused-ring (bicyclic) bond motifs is 1. The van der Waals surface area contributed by atoms with Crippen molar-refractivity contribution in [1.82, 2.24) is 9.97 Å². The van der Waals surface area contributed by atoms with E-state index in [0.717, 1.165) is 39.2 Å². The third-order valence-corrected chi connectivity index (χ3v) is 4.42. The van der Waals surface area contributed by atoms with Crippen molar-refractivity contribution in [1.29, 1.82) is 0 Å². The maximum Gasteiger partial charge on any atom is 0.354 e. The number of nitrogens with zero attached hydrogens (tertiary/aromatic N) is 1. The average Bonchev–Trinajstić information content (AvgIpc) is 2.92. The Balaban J connectivity index is 2.13. The second-order valence-corrected chi connectivity index (χ2v) is 6.54. The first-order chi connectivity index (χ1) is 11.9. The van der Waals surface area contributed by atoms with Crippen molar-refractivity contribution in [2.75, 3.05) is 7.11 Å². The molecule has 1 aromatic carbocycles. The van der Waals surface area contributed by atoms with Gasteiger partial charge < -0.3 is 14.8 Å². The van der Waals surface area contributed by atoms with Crippen LogP contribution in [0.5, 0.6) is 5.75 Å². The summed E-state index contributed by atoms with van der Waals surface area (Å²) in [5, 5.41) is 10.3. The fraction of sp³-hybridized carbons (Fsp3) is 0.300. The zero-order valence-electron chi connectivity index (χ0n) is 14.9. The molecule has 0 bridgehead atoms. The van der Waals surface area contributed by atoms with Crippen molar-refractivity contribution in [3.8, 4) is 5.75 Å². The first kappa shape index (κ1) is 17.0. The molecule has 0 aliphatic rings. The highest BCUT2D eigenvalue weighted by Gasteiger charge is 2.17. The number of benzene rings is 1. The number of aromatic carboxylic acids is 1. The first-order valence-electron chi connectivity index (χ1n) is 8.29. The SMILES string of the molecule is COc1cc2[nH]c(C(C)C)c(Cc3cccc(C(=O)O)n3)c2cc1C. The molecule has 130 valence electrons. The number of carboxylic acid groups (broad SMARTS) is 1. The van der Waals surface area contributed by atoms with Crippen molar-refractivity contribution in [3.05, 3.63) is 58.5 Å². The van der Waals surface area contributed by atoms with E-state index in [4.69, 9.17) is 9.84 Å². The van der Waals surface area contributed by atoms with Crippen LogP contribution in [0.15, 0.2) is 30.3 Å². The topological polar surface area (TPSA) is 75.2 Å². The normalized spacial score (nSPS) is 11.2. The minimum Gasteiger partial charge on any atom is -0.496 e. The van der Waals surface area contributed by atoms with Crippen LogP contribution in [-0.4, -0.2) is 28.2 Å². The molecular weight excluding hydrogens is 316 g/mol. The Labute approximate surface area is 146 Å². The molecule has 0 saturated carbocycles. The third kappa shape index (κ3) is 3.22.